The van der Waals surface area contributed by atoms with Gasteiger partial charge in [0.2, 0.25) is 0 Å². The van der Waals surface area contributed by atoms with Crippen LogP contribution in [0.3, 0.4) is 0 Å². The normalized spacial score (nSPS) is 10.4. The molecular formula is C16H15BrO3. The summed E-state index contributed by atoms with van der Waals surface area (Å²) >= 11 is 3.25. The number of halogens is 1. The van der Waals surface area contributed by atoms with E-state index in [2.05, 4.69) is 15.9 Å². The Morgan fingerprint density at radius 1 is 1.20 bits per heavy atom. The minimum absolute atomic E-state index is 0.239. The van der Waals surface area contributed by atoms with Crippen LogP contribution in [0.25, 0.3) is 11.1 Å². The average Bonchev–Trinajstić information content (AvgIpc) is 2.42. The number of hydrogen-bond acceptors (Lipinski definition) is 2. The zero-order chi connectivity index (χ0) is 14.9. The van der Waals surface area contributed by atoms with E-state index in [1.165, 1.54) is 0 Å². The van der Waals surface area contributed by atoms with Crippen LogP contribution in [0, 0.1) is 13.8 Å². The van der Waals surface area contributed by atoms with Gasteiger partial charge in [0.1, 0.15) is 5.75 Å². The van der Waals surface area contributed by atoms with E-state index < -0.39 is 5.97 Å². The van der Waals surface area contributed by atoms with Crippen LogP contribution < -0.4 is 4.74 Å². The number of methoxy groups -OCH3 is 1. The summed E-state index contributed by atoms with van der Waals surface area (Å²) < 4.78 is 6.05. The van der Waals surface area contributed by atoms with Gasteiger partial charge < -0.3 is 9.84 Å². The number of carboxylic acids is 1. The molecule has 0 atom stereocenters. The fraction of sp³-hybridized carbons (Fsp3) is 0.188. The van der Waals surface area contributed by atoms with E-state index in [0.717, 1.165) is 28.0 Å². The molecule has 3 nitrogen and oxygen atoms in total. The van der Waals surface area contributed by atoms with Gasteiger partial charge in [-0.25, -0.2) is 4.79 Å². The first-order valence-electron chi connectivity index (χ1n) is 6.13. The zero-order valence-electron chi connectivity index (χ0n) is 11.5. The lowest BCUT2D eigenvalue weighted by atomic mass is 9.97. The number of aromatic carboxylic acids is 1. The van der Waals surface area contributed by atoms with Gasteiger partial charge in [-0.05, 0) is 58.6 Å². The van der Waals surface area contributed by atoms with E-state index in [9.17, 15) is 9.90 Å². The molecule has 0 aliphatic carbocycles. The first-order valence-corrected chi connectivity index (χ1v) is 6.92. The number of carbonyl (C=O) groups is 1. The molecule has 2 aromatic rings. The van der Waals surface area contributed by atoms with Crippen LogP contribution in [-0.4, -0.2) is 18.2 Å². The lowest BCUT2D eigenvalue weighted by molar-refractivity contribution is 0.0696. The molecule has 2 aromatic carbocycles. The lowest BCUT2D eigenvalue weighted by Gasteiger charge is -2.14. The molecule has 104 valence electrons. The van der Waals surface area contributed by atoms with Gasteiger partial charge in [-0.2, -0.15) is 0 Å². The Balaban J connectivity index is 2.66. The van der Waals surface area contributed by atoms with Crippen molar-refractivity contribution in [3.63, 3.8) is 0 Å². The number of benzene rings is 2. The highest BCUT2D eigenvalue weighted by molar-refractivity contribution is 9.10. The van der Waals surface area contributed by atoms with E-state index in [-0.39, 0.29) is 5.56 Å². The molecule has 0 heterocycles. The minimum Gasteiger partial charge on any atom is -0.496 e. The maximum atomic E-state index is 11.2. The molecule has 0 fully saturated rings. The van der Waals surface area contributed by atoms with Crippen molar-refractivity contribution in [1.82, 2.24) is 0 Å². The largest absolute Gasteiger partial charge is 0.496 e. The van der Waals surface area contributed by atoms with E-state index in [1.54, 1.807) is 19.2 Å². The average molecular weight is 335 g/mol. The Hall–Kier alpha value is -1.81. The first-order chi connectivity index (χ1) is 9.45. The monoisotopic (exact) mass is 334 g/mol. The second kappa shape index (κ2) is 5.67. The molecule has 0 bridgehead atoms. The Morgan fingerprint density at radius 3 is 2.50 bits per heavy atom. The van der Waals surface area contributed by atoms with E-state index in [4.69, 9.17) is 4.74 Å². The highest BCUT2D eigenvalue weighted by Crippen LogP contribution is 2.36. The van der Waals surface area contributed by atoms with Crippen molar-refractivity contribution in [3.05, 3.63) is 51.5 Å². The smallest absolute Gasteiger partial charge is 0.336 e. The van der Waals surface area contributed by atoms with Crippen molar-refractivity contribution in [2.45, 2.75) is 13.8 Å². The quantitative estimate of drug-likeness (QED) is 0.902. The second-order valence-corrected chi connectivity index (χ2v) is 5.44. The number of ether oxygens (including phenoxy) is 1. The zero-order valence-corrected chi connectivity index (χ0v) is 13.1. The summed E-state index contributed by atoms with van der Waals surface area (Å²) in [4.78, 5) is 11.2. The molecule has 0 spiro atoms. The molecule has 0 radical (unpaired) electrons. The number of aryl methyl sites for hydroxylation is 1. The van der Waals surface area contributed by atoms with Gasteiger partial charge in [0.05, 0.1) is 12.7 Å². The van der Waals surface area contributed by atoms with Crippen LogP contribution >= 0.6 is 15.9 Å². The van der Waals surface area contributed by atoms with E-state index in [1.807, 2.05) is 32.0 Å². The maximum Gasteiger partial charge on any atom is 0.336 e. The highest BCUT2D eigenvalue weighted by Gasteiger charge is 2.14. The maximum absolute atomic E-state index is 11.2. The first kappa shape index (κ1) is 14.6. The van der Waals surface area contributed by atoms with Gasteiger partial charge in [0.15, 0.2) is 0 Å². The van der Waals surface area contributed by atoms with Crippen LogP contribution in [-0.2, 0) is 0 Å². The predicted molar refractivity (Wildman–Crippen MR) is 82.6 cm³/mol. The molecular weight excluding hydrogens is 320 g/mol. The van der Waals surface area contributed by atoms with Crippen molar-refractivity contribution in [3.8, 4) is 16.9 Å². The topological polar surface area (TPSA) is 46.5 Å². The van der Waals surface area contributed by atoms with E-state index >= 15 is 0 Å². The summed E-state index contributed by atoms with van der Waals surface area (Å²) in [7, 11) is 1.63. The van der Waals surface area contributed by atoms with Gasteiger partial charge >= 0.3 is 5.97 Å². The van der Waals surface area contributed by atoms with Crippen LogP contribution in [0.1, 0.15) is 21.5 Å². The van der Waals surface area contributed by atoms with Crippen molar-refractivity contribution >= 4 is 21.9 Å². The number of hydrogen-bond donors (Lipinski definition) is 1. The van der Waals surface area contributed by atoms with Crippen molar-refractivity contribution in [2.75, 3.05) is 7.11 Å². The molecule has 4 heteroatoms. The Labute approximate surface area is 126 Å². The number of carboxylic acid groups (broad SMARTS) is 1. The Kier molecular flexibility index (Phi) is 4.14. The molecule has 2 rings (SSSR count). The Bertz CT molecular complexity index is 678. The fourth-order valence-electron chi connectivity index (χ4n) is 2.14. The van der Waals surface area contributed by atoms with Crippen molar-refractivity contribution in [2.24, 2.45) is 0 Å². The summed E-state index contributed by atoms with van der Waals surface area (Å²) in [6, 6.07) is 9.24. The van der Waals surface area contributed by atoms with E-state index in [0.29, 0.717) is 4.47 Å². The van der Waals surface area contributed by atoms with Crippen LogP contribution in [0.5, 0.6) is 5.75 Å². The number of rotatable bonds is 3. The molecule has 0 saturated carbocycles. The van der Waals surface area contributed by atoms with Gasteiger partial charge in [-0.3, -0.25) is 0 Å². The predicted octanol–water partition coefficient (Wildman–Crippen LogP) is 4.44. The third-order valence-corrected chi connectivity index (χ3v) is 4.08. The summed E-state index contributed by atoms with van der Waals surface area (Å²) in [5.74, 6) is -0.176. The molecule has 0 saturated heterocycles. The van der Waals surface area contributed by atoms with Gasteiger partial charge in [-0.15, -0.1) is 0 Å². The molecule has 0 unspecified atom stereocenters. The SMILES string of the molecule is COc1c(-c2ccc(Br)c(C(=O)O)c2)ccc(C)c1C. The minimum atomic E-state index is -0.957. The molecule has 0 aliphatic rings. The molecule has 20 heavy (non-hydrogen) atoms. The van der Waals surface area contributed by atoms with Gasteiger partial charge in [0, 0.05) is 10.0 Å². The van der Waals surface area contributed by atoms with Crippen molar-refractivity contribution < 1.29 is 14.6 Å². The third kappa shape index (κ3) is 2.56. The van der Waals surface area contributed by atoms with Gasteiger partial charge in [-0.1, -0.05) is 18.2 Å². The molecule has 0 aliphatic heterocycles. The van der Waals surface area contributed by atoms with Crippen LogP contribution in [0.2, 0.25) is 0 Å². The summed E-state index contributed by atoms with van der Waals surface area (Å²) in [5.41, 5.74) is 4.16. The molecule has 0 aromatic heterocycles. The van der Waals surface area contributed by atoms with Crippen molar-refractivity contribution in [1.29, 1.82) is 0 Å². The highest BCUT2D eigenvalue weighted by atomic mass is 79.9. The fourth-order valence-corrected chi connectivity index (χ4v) is 2.55. The Morgan fingerprint density at radius 2 is 1.90 bits per heavy atom. The standard InChI is InChI=1S/C16H15BrO3/c1-9-4-6-12(15(20-3)10(9)2)11-5-7-14(17)13(8-11)16(18)19/h4-8H,1-3H3,(H,18,19). The summed E-state index contributed by atoms with van der Waals surface area (Å²) in [6.45, 7) is 4.01. The summed E-state index contributed by atoms with van der Waals surface area (Å²) in [6.07, 6.45) is 0. The second-order valence-electron chi connectivity index (χ2n) is 4.59. The molecule has 1 N–H and O–H groups in total. The van der Waals surface area contributed by atoms with Gasteiger partial charge in [0.25, 0.3) is 0 Å². The van der Waals surface area contributed by atoms with Crippen LogP contribution in [0.4, 0.5) is 0 Å². The summed E-state index contributed by atoms with van der Waals surface area (Å²) in [5, 5.41) is 9.20. The third-order valence-electron chi connectivity index (χ3n) is 3.39. The lowest BCUT2D eigenvalue weighted by Crippen LogP contribution is -1.99. The van der Waals surface area contributed by atoms with Crippen LogP contribution in [0.15, 0.2) is 34.8 Å². The molecule has 0 amide bonds.